The second kappa shape index (κ2) is 11.0. The number of rotatable bonds is 9. The number of nitrogens with zero attached hydrogens (tertiary/aromatic N) is 3. The molecule has 0 aliphatic rings. The Morgan fingerprint density at radius 1 is 1.22 bits per heavy atom. The van der Waals surface area contributed by atoms with Gasteiger partial charge in [-0.15, -0.1) is 0 Å². The zero-order valence-corrected chi connectivity index (χ0v) is 15.9. The topological polar surface area (TPSA) is 104 Å². The molecule has 1 aromatic carbocycles. The molecule has 27 heavy (non-hydrogen) atoms. The van der Waals surface area contributed by atoms with Gasteiger partial charge in [0.25, 0.3) is 5.69 Å². The number of para-hydroxylation sites is 2. The van der Waals surface area contributed by atoms with Crippen LogP contribution in [-0.2, 0) is 6.42 Å². The molecule has 1 heterocycles. The van der Waals surface area contributed by atoms with Gasteiger partial charge in [0.1, 0.15) is 10.8 Å². The molecule has 0 aliphatic heterocycles. The molecule has 0 aliphatic carbocycles. The lowest BCUT2D eigenvalue weighted by Gasteiger charge is -2.12. The highest BCUT2D eigenvalue weighted by Gasteiger charge is 2.11. The van der Waals surface area contributed by atoms with Crippen LogP contribution < -0.4 is 16.0 Å². The predicted molar refractivity (Wildman–Crippen MR) is 109 cm³/mol. The molecule has 3 N–H and O–H groups in total. The number of anilines is 1. The molecule has 0 radical (unpaired) electrons. The van der Waals surface area contributed by atoms with Gasteiger partial charge in [0, 0.05) is 38.4 Å². The summed E-state index contributed by atoms with van der Waals surface area (Å²) in [4.78, 5) is 19.2. The Morgan fingerprint density at radius 3 is 2.74 bits per heavy atom. The van der Waals surface area contributed by atoms with E-state index in [2.05, 4.69) is 25.9 Å². The number of hydrogen-bond acceptors (Lipinski definition) is 5. The molecule has 0 saturated carbocycles. The van der Waals surface area contributed by atoms with Gasteiger partial charge in [0.2, 0.25) is 0 Å². The van der Waals surface area contributed by atoms with E-state index in [1.54, 1.807) is 30.5 Å². The zero-order chi connectivity index (χ0) is 19.5. The van der Waals surface area contributed by atoms with E-state index in [4.69, 9.17) is 11.6 Å². The first-order valence-electron chi connectivity index (χ1n) is 8.70. The van der Waals surface area contributed by atoms with Gasteiger partial charge in [-0.05, 0) is 31.0 Å². The van der Waals surface area contributed by atoms with Gasteiger partial charge in [-0.1, -0.05) is 29.8 Å². The first-order valence-corrected chi connectivity index (χ1v) is 9.08. The maximum absolute atomic E-state index is 11.0. The summed E-state index contributed by atoms with van der Waals surface area (Å²) in [5.74, 6) is 0.698. The van der Waals surface area contributed by atoms with Gasteiger partial charge < -0.3 is 16.0 Å². The summed E-state index contributed by atoms with van der Waals surface area (Å²) in [6.45, 7) is 4.44. The number of benzene rings is 1. The molecule has 2 rings (SSSR count). The summed E-state index contributed by atoms with van der Waals surface area (Å²) in [5, 5.41) is 20.9. The number of nitrogens with one attached hydrogen (secondary N) is 3. The molecule has 8 nitrogen and oxygen atoms in total. The van der Waals surface area contributed by atoms with Crippen molar-refractivity contribution in [2.24, 2.45) is 4.99 Å². The van der Waals surface area contributed by atoms with Gasteiger partial charge in [-0.3, -0.25) is 15.1 Å². The van der Waals surface area contributed by atoms with Crippen molar-refractivity contribution in [2.45, 2.75) is 13.3 Å². The number of nitro groups is 1. The molecule has 0 saturated heterocycles. The zero-order valence-electron chi connectivity index (χ0n) is 15.1. The van der Waals surface area contributed by atoms with Crippen molar-refractivity contribution in [3.05, 3.63) is 63.4 Å². The number of guanidine groups is 1. The quantitative estimate of drug-likeness (QED) is 0.152. The number of pyridine rings is 1. The Bertz CT molecular complexity index is 767. The molecule has 0 bridgehead atoms. The third-order valence-electron chi connectivity index (χ3n) is 3.64. The monoisotopic (exact) mass is 390 g/mol. The number of nitro benzene ring substituents is 1. The van der Waals surface area contributed by atoms with E-state index >= 15 is 0 Å². The minimum absolute atomic E-state index is 0.0645. The lowest BCUT2D eigenvalue weighted by molar-refractivity contribution is -0.384. The summed E-state index contributed by atoms with van der Waals surface area (Å²) in [5.41, 5.74) is 1.63. The molecular formula is C18H23ClN6O2. The van der Waals surface area contributed by atoms with Crippen molar-refractivity contribution in [2.75, 3.05) is 31.5 Å². The molecule has 144 valence electrons. The molecule has 9 heteroatoms. The van der Waals surface area contributed by atoms with E-state index in [1.165, 1.54) is 6.07 Å². The smallest absolute Gasteiger partial charge is 0.292 e. The number of aliphatic imine (C=N–C) groups is 1. The van der Waals surface area contributed by atoms with E-state index in [0.29, 0.717) is 36.4 Å². The predicted octanol–water partition coefficient (Wildman–Crippen LogP) is 2.85. The van der Waals surface area contributed by atoms with Crippen LogP contribution in [0.15, 0.2) is 47.6 Å². The highest BCUT2D eigenvalue weighted by Crippen LogP contribution is 2.22. The molecule has 0 amide bonds. The molecule has 1 aromatic heterocycles. The Labute approximate surface area is 163 Å². The average Bonchev–Trinajstić information content (AvgIpc) is 2.67. The maximum atomic E-state index is 11.0. The fourth-order valence-electron chi connectivity index (χ4n) is 2.35. The fraction of sp³-hybridized carbons (Fsp3) is 0.333. The first kappa shape index (κ1) is 20.4. The van der Waals surface area contributed by atoms with Crippen LogP contribution in [0.1, 0.15) is 12.5 Å². The van der Waals surface area contributed by atoms with E-state index in [1.807, 2.05) is 13.0 Å². The molecule has 0 unspecified atom stereocenters. The minimum atomic E-state index is -0.396. The minimum Gasteiger partial charge on any atom is -0.378 e. The molecule has 0 fully saturated rings. The van der Waals surface area contributed by atoms with Crippen molar-refractivity contribution >= 4 is 28.9 Å². The van der Waals surface area contributed by atoms with Crippen molar-refractivity contribution in [3.8, 4) is 0 Å². The van der Waals surface area contributed by atoms with Crippen LogP contribution in [0.3, 0.4) is 0 Å². The van der Waals surface area contributed by atoms with E-state index in [0.717, 1.165) is 18.5 Å². The van der Waals surface area contributed by atoms with Crippen LogP contribution in [0.5, 0.6) is 0 Å². The summed E-state index contributed by atoms with van der Waals surface area (Å²) in [7, 11) is 0. The normalized spacial score (nSPS) is 11.1. The van der Waals surface area contributed by atoms with Crippen LogP contribution in [0, 0.1) is 10.1 Å². The Balaban J connectivity index is 1.80. The SMILES string of the molecule is CCNC(=NCCc1ccc(Cl)nc1)NCCNc1ccccc1[N+](=O)[O-]. The second-order valence-corrected chi connectivity index (χ2v) is 6.01. The van der Waals surface area contributed by atoms with Gasteiger partial charge in [0.15, 0.2) is 5.96 Å². The number of hydrogen-bond donors (Lipinski definition) is 3. The number of aromatic nitrogens is 1. The van der Waals surface area contributed by atoms with E-state index in [9.17, 15) is 10.1 Å². The van der Waals surface area contributed by atoms with E-state index < -0.39 is 4.92 Å². The molecule has 2 aromatic rings. The van der Waals surface area contributed by atoms with Gasteiger partial charge in [0.05, 0.1) is 4.92 Å². The summed E-state index contributed by atoms with van der Waals surface area (Å²) in [6.07, 6.45) is 2.50. The van der Waals surface area contributed by atoms with Crippen LogP contribution >= 0.6 is 11.6 Å². The van der Waals surface area contributed by atoms with Crippen molar-refractivity contribution in [1.29, 1.82) is 0 Å². The molecule has 0 atom stereocenters. The number of halogens is 1. The van der Waals surface area contributed by atoms with Crippen LogP contribution in [0.2, 0.25) is 5.15 Å². The van der Waals surface area contributed by atoms with Crippen LogP contribution in [-0.4, -0.2) is 42.0 Å². The standard InChI is InChI=1S/C18H23ClN6O2/c1-2-20-18(22-10-9-14-7-8-17(19)24-13-14)23-12-11-21-15-5-3-4-6-16(15)25(26)27/h3-8,13,21H,2,9-12H2,1H3,(H2,20,22,23). The lowest BCUT2D eigenvalue weighted by atomic mass is 10.2. The van der Waals surface area contributed by atoms with Crippen LogP contribution in [0.25, 0.3) is 0 Å². The Morgan fingerprint density at radius 2 is 2.04 bits per heavy atom. The third-order valence-corrected chi connectivity index (χ3v) is 3.86. The second-order valence-electron chi connectivity index (χ2n) is 5.63. The Kier molecular flexibility index (Phi) is 8.31. The Hall–Kier alpha value is -2.87. The van der Waals surface area contributed by atoms with Crippen molar-refractivity contribution in [1.82, 2.24) is 15.6 Å². The largest absolute Gasteiger partial charge is 0.378 e. The highest BCUT2D eigenvalue weighted by molar-refractivity contribution is 6.29. The average molecular weight is 391 g/mol. The van der Waals surface area contributed by atoms with Gasteiger partial charge in [-0.25, -0.2) is 4.98 Å². The molecular weight excluding hydrogens is 368 g/mol. The van der Waals surface area contributed by atoms with Crippen LogP contribution in [0.4, 0.5) is 11.4 Å². The lowest BCUT2D eigenvalue weighted by Crippen LogP contribution is -2.39. The third kappa shape index (κ3) is 7.10. The molecule has 0 spiro atoms. The van der Waals surface area contributed by atoms with Gasteiger partial charge >= 0.3 is 0 Å². The van der Waals surface area contributed by atoms with Crippen molar-refractivity contribution in [3.63, 3.8) is 0 Å². The van der Waals surface area contributed by atoms with Crippen molar-refractivity contribution < 1.29 is 4.92 Å². The summed E-state index contributed by atoms with van der Waals surface area (Å²) in [6, 6.07) is 10.3. The summed E-state index contributed by atoms with van der Waals surface area (Å²) >= 11 is 5.78. The first-order chi connectivity index (χ1) is 13.1. The van der Waals surface area contributed by atoms with E-state index in [-0.39, 0.29) is 5.69 Å². The maximum Gasteiger partial charge on any atom is 0.292 e. The fourth-order valence-corrected chi connectivity index (χ4v) is 2.47. The highest BCUT2D eigenvalue weighted by atomic mass is 35.5. The van der Waals surface area contributed by atoms with Gasteiger partial charge in [-0.2, -0.15) is 0 Å². The summed E-state index contributed by atoms with van der Waals surface area (Å²) < 4.78 is 0.